The van der Waals surface area contributed by atoms with Crippen molar-refractivity contribution in [2.75, 3.05) is 45.9 Å². The average molecular weight is 418 g/mol. The molecule has 2 N–H and O–H groups in total. The summed E-state index contributed by atoms with van der Waals surface area (Å²) in [6, 6.07) is 6.69. The molecule has 0 saturated carbocycles. The van der Waals surface area contributed by atoms with Gasteiger partial charge in [0.15, 0.2) is 11.8 Å². The van der Waals surface area contributed by atoms with E-state index in [-0.39, 0.29) is 5.82 Å². The first-order valence-electron chi connectivity index (χ1n) is 10.5. The van der Waals surface area contributed by atoms with Gasteiger partial charge in [-0.2, -0.15) is 0 Å². The third kappa shape index (κ3) is 7.07. The van der Waals surface area contributed by atoms with Crippen molar-refractivity contribution >= 4 is 5.96 Å². The molecule has 0 radical (unpaired) electrons. The summed E-state index contributed by atoms with van der Waals surface area (Å²) in [7, 11) is 1.94. The first-order chi connectivity index (χ1) is 14.6. The number of rotatable bonds is 9. The first kappa shape index (κ1) is 22.2. The number of nitrogens with zero attached hydrogens (tertiary/aromatic N) is 5. The molecule has 1 aliphatic heterocycles. The van der Waals surface area contributed by atoms with Gasteiger partial charge in [-0.1, -0.05) is 12.1 Å². The number of halogens is 1. The van der Waals surface area contributed by atoms with E-state index in [0.29, 0.717) is 13.1 Å². The predicted molar refractivity (Wildman–Crippen MR) is 115 cm³/mol. The summed E-state index contributed by atoms with van der Waals surface area (Å²) in [6.45, 7) is 8.51. The van der Waals surface area contributed by atoms with E-state index in [9.17, 15) is 4.39 Å². The van der Waals surface area contributed by atoms with Gasteiger partial charge < -0.3 is 19.9 Å². The van der Waals surface area contributed by atoms with Crippen LogP contribution in [-0.4, -0.2) is 71.6 Å². The van der Waals surface area contributed by atoms with Crippen LogP contribution in [-0.2, 0) is 24.8 Å². The van der Waals surface area contributed by atoms with Gasteiger partial charge in [-0.3, -0.25) is 4.90 Å². The lowest BCUT2D eigenvalue weighted by Crippen LogP contribution is -2.41. The number of aryl methyl sites for hydroxylation is 1. The number of morpholine rings is 1. The van der Waals surface area contributed by atoms with Crippen LogP contribution in [0.2, 0.25) is 0 Å². The Balaban J connectivity index is 1.50. The van der Waals surface area contributed by atoms with Crippen molar-refractivity contribution in [2.24, 2.45) is 12.0 Å². The highest BCUT2D eigenvalue weighted by Gasteiger charge is 2.10. The molecule has 9 heteroatoms. The summed E-state index contributed by atoms with van der Waals surface area (Å²) in [5.41, 5.74) is 0.957. The molecule has 1 fully saturated rings. The Hall–Kier alpha value is -2.52. The SMILES string of the molecule is Cc1nnc(CN=C(NCCCN2CCOCC2)NCCc2cccc(F)c2)n1C. The summed E-state index contributed by atoms with van der Waals surface area (Å²) in [5, 5.41) is 15.0. The fourth-order valence-corrected chi connectivity index (χ4v) is 3.26. The molecule has 1 aromatic heterocycles. The third-order valence-corrected chi connectivity index (χ3v) is 5.20. The van der Waals surface area contributed by atoms with E-state index in [1.54, 1.807) is 12.1 Å². The van der Waals surface area contributed by atoms with Gasteiger partial charge in [0.2, 0.25) is 0 Å². The van der Waals surface area contributed by atoms with Gasteiger partial charge in [-0.15, -0.1) is 10.2 Å². The zero-order valence-corrected chi connectivity index (χ0v) is 17.9. The van der Waals surface area contributed by atoms with Gasteiger partial charge in [0.05, 0.1) is 13.2 Å². The molecule has 2 heterocycles. The molecule has 2 aromatic rings. The number of aliphatic imine (C=N–C) groups is 1. The van der Waals surface area contributed by atoms with Gasteiger partial charge >= 0.3 is 0 Å². The topological polar surface area (TPSA) is 79.6 Å². The molecule has 164 valence electrons. The second-order valence-electron chi connectivity index (χ2n) is 7.43. The van der Waals surface area contributed by atoms with Crippen LogP contribution in [0.25, 0.3) is 0 Å². The van der Waals surface area contributed by atoms with E-state index in [0.717, 1.165) is 75.4 Å². The maximum Gasteiger partial charge on any atom is 0.191 e. The standard InChI is InChI=1S/C21H32FN7O/c1-17-26-27-20(28(17)2)16-25-21(23-8-4-10-29-11-13-30-14-12-29)24-9-7-18-5-3-6-19(22)15-18/h3,5-6,15H,4,7-14,16H2,1-2H3,(H2,23,24,25). The molecule has 1 aromatic carbocycles. The van der Waals surface area contributed by atoms with E-state index in [1.807, 2.05) is 24.6 Å². The predicted octanol–water partition coefficient (Wildman–Crippen LogP) is 1.26. The number of guanidine groups is 1. The van der Waals surface area contributed by atoms with Crippen molar-refractivity contribution in [2.45, 2.75) is 26.3 Å². The first-order valence-corrected chi connectivity index (χ1v) is 10.5. The molecule has 0 amide bonds. The molecule has 1 aliphatic rings. The monoisotopic (exact) mass is 417 g/mol. The van der Waals surface area contributed by atoms with Gasteiger partial charge in [0.25, 0.3) is 0 Å². The second-order valence-corrected chi connectivity index (χ2v) is 7.43. The van der Waals surface area contributed by atoms with Gasteiger partial charge in [0, 0.05) is 33.2 Å². The highest BCUT2D eigenvalue weighted by Crippen LogP contribution is 2.04. The maximum absolute atomic E-state index is 13.4. The average Bonchev–Trinajstić information content (AvgIpc) is 3.07. The van der Waals surface area contributed by atoms with Crippen LogP contribution in [0.1, 0.15) is 23.6 Å². The Labute approximate surface area is 177 Å². The lowest BCUT2D eigenvalue weighted by Gasteiger charge is -2.26. The van der Waals surface area contributed by atoms with Crippen molar-refractivity contribution in [1.29, 1.82) is 0 Å². The van der Waals surface area contributed by atoms with Crippen LogP contribution < -0.4 is 10.6 Å². The van der Waals surface area contributed by atoms with E-state index in [1.165, 1.54) is 6.07 Å². The van der Waals surface area contributed by atoms with Crippen molar-refractivity contribution < 1.29 is 9.13 Å². The Morgan fingerprint density at radius 1 is 1.20 bits per heavy atom. The van der Waals surface area contributed by atoms with Crippen LogP contribution in [0, 0.1) is 12.7 Å². The zero-order valence-electron chi connectivity index (χ0n) is 17.9. The number of ether oxygens (including phenoxy) is 1. The molecule has 0 unspecified atom stereocenters. The van der Waals surface area contributed by atoms with Crippen LogP contribution in [0.15, 0.2) is 29.3 Å². The minimum Gasteiger partial charge on any atom is -0.379 e. The summed E-state index contributed by atoms with van der Waals surface area (Å²) >= 11 is 0. The molecule has 3 rings (SSSR count). The summed E-state index contributed by atoms with van der Waals surface area (Å²) < 4.78 is 20.7. The highest BCUT2D eigenvalue weighted by molar-refractivity contribution is 5.79. The van der Waals surface area contributed by atoms with E-state index >= 15 is 0 Å². The Morgan fingerprint density at radius 2 is 2.00 bits per heavy atom. The minimum absolute atomic E-state index is 0.208. The zero-order chi connectivity index (χ0) is 21.2. The smallest absolute Gasteiger partial charge is 0.191 e. The fourth-order valence-electron chi connectivity index (χ4n) is 3.26. The minimum atomic E-state index is -0.208. The van der Waals surface area contributed by atoms with Crippen LogP contribution in [0.4, 0.5) is 4.39 Å². The van der Waals surface area contributed by atoms with Crippen LogP contribution in [0.3, 0.4) is 0 Å². The Kier molecular flexibility index (Phi) is 8.58. The van der Waals surface area contributed by atoms with E-state index in [4.69, 9.17) is 4.74 Å². The molecule has 0 aliphatic carbocycles. The molecule has 30 heavy (non-hydrogen) atoms. The largest absolute Gasteiger partial charge is 0.379 e. The normalized spacial score (nSPS) is 15.4. The van der Waals surface area contributed by atoms with Crippen LogP contribution >= 0.6 is 0 Å². The van der Waals surface area contributed by atoms with E-state index < -0.39 is 0 Å². The lowest BCUT2D eigenvalue weighted by molar-refractivity contribution is 0.0376. The van der Waals surface area contributed by atoms with Crippen molar-refractivity contribution in [1.82, 2.24) is 30.3 Å². The number of benzene rings is 1. The van der Waals surface area contributed by atoms with E-state index in [2.05, 4.69) is 30.7 Å². The Bertz CT molecular complexity index is 817. The summed E-state index contributed by atoms with van der Waals surface area (Å²) in [4.78, 5) is 7.08. The molecule has 1 saturated heterocycles. The van der Waals surface area contributed by atoms with Crippen molar-refractivity contribution in [3.05, 3.63) is 47.3 Å². The fraction of sp³-hybridized carbons (Fsp3) is 0.571. The molecular formula is C21H32FN7O. The lowest BCUT2D eigenvalue weighted by atomic mass is 10.1. The summed E-state index contributed by atoms with van der Waals surface area (Å²) in [6.07, 6.45) is 1.74. The van der Waals surface area contributed by atoms with Crippen molar-refractivity contribution in [3.8, 4) is 0 Å². The molecule has 0 spiro atoms. The second kappa shape index (κ2) is 11.6. The number of aromatic nitrogens is 3. The molecule has 0 atom stereocenters. The molecular weight excluding hydrogens is 385 g/mol. The maximum atomic E-state index is 13.4. The number of hydrogen-bond donors (Lipinski definition) is 2. The highest BCUT2D eigenvalue weighted by atomic mass is 19.1. The summed E-state index contributed by atoms with van der Waals surface area (Å²) in [5.74, 6) is 2.20. The molecule has 0 bridgehead atoms. The Morgan fingerprint density at radius 3 is 2.73 bits per heavy atom. The van der Waals surface area contributed by atoms with Gasteiger partial charge in [-0.05, 0) is 44.0 Å². The van der Waals surface area contributed by atoms with Crippen molar-refractivity contribution in [3.63, 3.8) is 0 Å². The quantitative estimate of drug-likeness (QED) is 0.363. The number of hydrogen-bond acceptors (Lipinski definition) is 5. The van der Waals surface area contributed by atoms with Gasteiger partial charge in [-0.25, -0.2) is 9.38 Å². The third-order valence-electron chi connectivity index (χ3n) is 5.20. The van der Waals surface area contributed by atoms with Crippen LogP contribution in [0.5, 0.6) is 0 Å². The molecule has 8 nitrogen and oxygen atoms in total. The van der Waals surface area contributed by atoms with Gasteiger partial charge in [0.1, 0.15) is 18.2 Å². The number of nitrogens with one attached hydrogen (secondary N) is 2.